The van der Waals surface area contributed by atoms with Gasteiger partial charge in [-0.2, -0.15) is 0 Å². The van der Waals surface area contributed by atoms with Crippen LogP contribution in [0.25, 0.3) is 11.0 Å². The Hall–Kier alpha value is -3.13. The van der Waals surface area contributed by atoms with E-state index in [1.54, 1.807) is 12.1 Å². The molecule has 0 unspecified atom stereocenters. The summed E-state index contributed by atoms with van der Waals surface area (Å²) in [4.78, 5) is 14.9. The van der Waals surface area contributed by atoms with E-state index >= 15 is 0 Å². The molecule has 1 aromatic heterocycles. The molecule has 2 fully saturated rings. The maximum atomic E-state index is 12.6. The van der Waals surface area contributed by atoms with Gasteiger partial charge in [0.2, 0.25) is 0 Å². The topological polar surface area (TPSA) is 84.2 Å². The largest absolute Gasteiger partial charge is 0.489 e. The van der Waals surface area contributed by atoms with E-state index in [0.717, 1.165) is 61.3 Å². The number of nitrogens with one attached hydrogen (secondary N) is 1. The molecule has 0 spiro atoms. The summed E-state index contributed by atoms with van der Waals surface area (Å²) in [5.41, 5.74) is 1.72. The zero-order valence-corrected chi connectivity index (χ0v) is 20.6. The first-order valence-electron chi connectivity index (χ1n) is 12.7. The third kappa shape index (κ3) is 5.48. The lowest BCUT2D eigenvalue weighted by atomic mass is 9.84. The average Bonchev–Trinajstić information content (AvgIpc) is 3.58. The number of para-hydroxylation sites is 1. The van der Waals surface area contributed by atoms with Crippen molar-refractivity contribution in [3.05, 3.63) is 78.1 Å². The average molecular weight is 491 g/mol. The van der Waals surface area contributed by atoms with E-state index in [9.17, 15) is 9.90 Å². The summed E-state index contributed by atoms with van der Waals surface area (Å²) < 4.78 is 17.2. The summed E-state index contributed by atoms with van der Waals surface area (Å²) in [6.45, 7) is 7.76. The molecule has 7 nitrogen and oxygen atoms in total. The fourth-order valence-corrected chi connectivity index (χ4v) is 5.08. The van der Waals surface area contributed by atoms with E-state index in [1.807, 2.05) is 36.4 Å². The van der Waals surface area contributed by atoms with Gasteiger partial charge in [-0.1, -0.05) is 36.9 Å². The van der Waals surface area contributed by atoms with Gasteiger partial charge in [-0.25, -0.2) is 0 Å². The van der Waals surface area contributed by atoms with Crippen molar-refractivity contribution in [3.63, 3.8) is 0 Å². The standard InChI is InChI=1S/C29H34N2O5/c1-2-15-35-25-8-4-3-6-21(25)20-31-13-11-29(33,12-14-31)23-9-10-26-22(17-23)18-27(36-26)28(32)30-19-24-7-5-16-34-24/h2-4,6,8-10,17-18,24,33H,1,5,7,11-16,19-20H2,(H,30,32)/t24-/m0/s1. The molecule has 3 heterocycles. The van der Waals surface area contributed by atoms with Crippen molar-refractivity contribution in [3.8, 4) is 5.75 Å². The molecule has 0 bridgehead atoms. The molecule has 2 N–H and O–H groups in total. The van der Waals surface area contributed by atoms with E-state index < -0.39 is 5.60 Å². The molecule has 1 atom stereocenters. The number of carbonyl (C=O) groups is 1. The first kappa shape index (κ1) is 24.6. The molecular formula is C29H34N2O5. The first-order chi connectivity index (χ1) is 17.5. The number of amides is 1. The predicted octanol–water partition coefficient (Wildman–Crippen LogP) is 4.39. The van der Waals surface area contributed by atoms with Crippen molar-refractivity contribution in [2.24, 2.45) is 0 Å². The maximum absolute atomic E-state index is 12.6. The van der Waals surface area contributed by atoms with Gasteiger partial charge in [-0.15, -0.1) is 0 Å². The zero-order chi connectivity index (χ0) is 25.0. The molecule has 5 rings (SSSR count). The SMILES string of the molecule is C=CCOc1ccccc1CN1CCC(O)(c2ccc3oc(C(=O)NC[C@@H]4CCCO4)cc3c2)CC1. The number of furan rings is 1. The molecule has 0 saturated carbocycles. The summed E-state index contributed by atoms with van der Waals surface area (Å²) in [6.07, 6.45) is 5.08. The second-order valence-corrected chi connectivity index (χ2v) is 9.72. The maximum Gasteiger partial charge on any atom is 0.287 e. The lowest BCUT2D eigenvalue weighted by Crippen LogP contribution is -2.42. The monoisotopic (exact) mass is 490 g/mol. The van der Waals surface area contributed by atoms with E-state index in [4.69, 9.17) is 13.9 Å². The minimum atomic E-state index is -0.914. The third-order valence-corrected chi connectivity index (χ3v) is 7.20. The fourth-order valence-electron chi connectivity index (χ4n) is 5.08. The molecule has 1 amide bonds. The number of aliphatic hydroxyl groups is 1. The van der Waals surface area contributed by atoms with Crippen LogP contribution in [0.5, 0.6) is 5.75 Å². The van der Waals surface area contributed by atoms with E-state index in [-0.39, 0.29) is 17.8 Å². The number of hydrogen-bond acceptors (Lipinski definition) is 6. The Labute approximate surface area is 211 Å². The van der Waals surface area contributed by atoms with Gasteiger partial charge in [0.15, 0.2) is 5.76 Å². The van der Waals surface area contributed by atoms with Crippen molar-refractivity contribution in [1.29, 1.82) is 0 Å². The van der Waals surface area contributed by atoms with Crippen molar-refractivity contribution < 1.29 is 23.8 Å². The predicted molar refractivity (Wildman–Crippen MR) is 138 cm³/mol. The van der Waals surface area contributed by atoms with Crippen LogP contribution >= 0.6 is 0 Å². The van der Waals surface area contributed by atoms with Crippen molar-refractivity contribution >= 4 is 16.9 Å². The summed E-state index contributed by atoms with van der Waals surface area (Å²) in [7, 11) is 0. The Balaban J connectivity index is 1.22. The van der Waals surface area contributed by atoms with Gasteiger partial charge >= 0.3 is 0 Å². The number of fused-ring (bicyclic) bond motifs is 1. The van der Waals surface area contributed by atoms with Crippen LogP contribution in [0.3, 0.4) is 0 Å². The molecular weight excluding hydrogens is 456 g/mol. The highest BCUT2D eigenvalue weighted by molar-refractivity contribution is 5.96. The second kappa shape index (κ2) is 10.9. The molecule has 0 radical (unpaired) electrons. The Kier molecular flexibility index (Phi) is 7.41. The molecule has 0 aliphatic carbocycles. The van der Waals surface area contributed by atoms with Crippen LogP contribution in [0.1, 0.15) is 47.4 Å². The van der Waals surface area contributed by atoms with Gasteiger partial charge < -0.3 is 24.3 Å². The number of carbonyl (C=O) groups excluding carboxylic acids is 1. The number of benzene rings is 2. The van der Waals surface area contributed by atoms with E-state index in [0.29, 0.717) is 31.6 Å². The van der Waals surface area contributed by atoms with Gasteiger partial charge in [0.25, 0.3) is 5.91 Å². The molecule has 2 aliphatic heterocycles. The van der Waals surface area contributed by atoms with Crippen LogP contribution in [-0.4, -0.2) is 54.9 Å². The number of hydrogen-bond donors (Lipinski definition) is 2. The lowest BCUT2D eigenvalue weighted by Gasteiger charge is -2.38. The van der Waals surface area contributed by atoms with Crippen molar-refractivity contribution in [2.45, 2.75) is 43.9 Å². The minimum absolute atomic E-state index is 0.0817. The van der Waals surface area contributed by atoms with Crippen LogP contribution in [0.2, 0.25) is 0 Å². The summed E-state index contributed by atoms with van der Waals surface area (Å²) in [5, 5.41) is 15.2. The third-order valence-electron chi connectivity index (χ3n) is 7.20. The quantitative estimate of drug-likeness (QED) is 0.433. The van der Waals surface area contributed by atoms with Gasteiger partial charge in [0.05, 0.1) is 11.7 Å². The number of likely N-dealkylation sites (tertiary alicyclic amines) is 1. The Morgan fingerprint density at radius 1 is 1.22 bits per heavy atom. The lowest BCUT2D eigenvalue weighted by molar-refractivity contribution is -0.0277. The first-order valence-corrected chi connectivity index (χ1v) is 12.7. The number of nitrogens with zero attached hydrogens (tertiary/aromatic N) is 1. The Morgan fingerprint density at radius 3 is 2.83 bits per heavy atom. The molecule has 2 saturated heterocycles. The molecule has 2 aliphatic rings. The van der Waals surface area contributed by atoms with Crippen LogP contribution in [0.15, 0.2) is 65.6 Å². The second-order valence-electron chi connectivity index (χ2n) is 9.72. The van der Waals surface area contributed by atoms with Gasteiger partial charge in [0, 0.05) is 43.7 Å². The number of ether oxygens (including phenoxy) is 2. The van der Waals surface area contributed by atoms with Crippen LogP contribution < -0.4 is 10.1 Å². The van der Waals surface area contributed by atoms with Gasteiger partial charge in [-0.05, 0) is 55.5 Å². The number of piperidine rings is 1. The van der Waals surface area contributed by atoms with E-state index in [1.165, 1.54) is 0 Å². The smallest absolute Gasteiger partial charge is 0.287 e. The van der Waals surface area contributed by atoms with Gasteiger partial charge in [-0.3, -0.25) is 9.69 Å². The highest BCUT2D eigenvalue weighted by Gasteiger charge is 2.34. The van der Waals surface area contributed by atoms with Crippen molar-refractivity contribution in [2.75, 3.05) is 32.8 Å². The molecule has 7 heteroatoms. The molecule has 190 valence electrons. The molecule has 2 aromatic carbocycles. The highest BCUT2D eigenvalue weighted by atomic mass is 16.5. The van der Waals surface area contributed by atoms with Gasteiger partial charge in [0.1, 0.15) is 17.9 Å². The van der Waals surface area contributed by atoms with E-state index in [2.05, 4.69) is 22.9 Å². The normalized spacial score (nSPS) is 19.9. The van der Waals surface area contributed by atoms with Crippen LogP contribution in [0.4, 0.5) is 0 Å². The Morgan fingerprint density at radius 2 is 2.06 bits per heavy atom. The van der Waals surface area contributed by atoms with Crippen LogP contribution in [0, 0.1) is 0 Å². The zero-order valence-electron chi connectivity index (χ0n) is 20.6. The summed E-state index contributed by atoms with van der Waals surface area (Å²) in [5.74, 6) is 0.908. The molecule has 3 aromatic rings. The number of rotatable bonds is 9. The summed E-state index contributed by atoms with van der Waals surface area (Å²) in [6, 6.07) is 15.5. The minimum Gasteiger partial charge on any atom is -0.489 e. The highest BCUT2D eigenvalue weighted by Crippen LogP contribution is 2.36. The Bertz CT molecular complexity index is 1210. The molecule has 36 heavy (non-hydrogen) atoms. The summed E-state index contributed by atoms with van der Waals surface area (Å²) >= 11 is 0. The van der Waals surface area contributed by atoms with Crippen LogP contribution in [-0.2, 0) is 16.9 Å². The van der Waals surface area contributed by atoms with Crippen molar-refractivity contribution in [1.82, 2.24) is 10.2 Å². The fraction of sp³-hybridized carbons (Fsp3) is 0.414.